The van der Waals surface area contributed by atoms with Gasteiger partial charge >= 0.3 is 0 Å². The summed E-state index contributed by atoms with van der Waals surface area (Å²) < 4.78 is 24.6. The normalized spacial score (nSPS) is 14.3. The van der Waals surface area contributed by atoms with Crippen molar-refractivity contribution in [3.8, 4) is 11.5 Å². The van der Waals surface area contributed by atoms with Gasteiger partial charge in [0.1, 0.15) is 11.4 Å². The highest BCUT2D eigenvalue weighted by Crippen LogP contribution is 2.37. The Morgan fingerprint density at radius 3 is 2.46 bits per heavy atom. The van der Waals surface area contributed by atoms with E-state index < -0.39 is 23.5 Å². The molecule has 2 N–H and O–H groups in total. The van der Waals surface area contributed by atoms with Crippen molar-refractivity contribution in [1.82, 2.24) is 5.32 Å². The lowest BCUT2D eigenvalue weighted by Gasteiger charge is -2.29. The van der Waals surface area contributed by atoms with Crippen LogP contribution in [0.1, 0.15) is 18.1 Å². The Morgan fingerprint density at radius 2 is 1.82 bits per heavy atom. The van der Waals surface area contributed by atoms with Crippen LogP contribution in [0.2, 0.25) is 0 Å². The summed E-state index contributed by atoms with van der Waals surface area (Å²) in [6.07, 6.45) is 2.26. The van der Waals surface area contributed by atoms with Gasteiger partial charge in [0, 0.05) is 5.69 Å². The van der Waals surface area contributed by atoms with E-state index in [9.17, 15) is 18.8 Å². The molecule has 0 atom stereocenters. The molecule has 3 aromatic carbocycles. The molecule has 3 amide bonds. The van der Waals surface area contributed by atoms with Gasteiger partial charge in [-0.1, -0.05) is 19.1 Å². The number of ether oxygens (including phenoxy) is 2. The van der Waals surface area contributed by atoms with Crippen molar-refractivity contribution in [1.29, 1.82) is 0 Å². The second-order valence-corrected chi connectivity index (χ2v) is 9.60. The number of methoxy groups -OCH3 is 1. The second kappa shape index (κ2) is 12.2. The fourth-order valence-corrected chi connectivity index (χ4v) is 4.63. The third-order valence-corrected chi connectivity index (χ3v) is 6.62. The standard InChI is InChI=1S/C28H23BrFN3O5S/c1-3-16-4-10-20(11-5-16)33-27(36)21(26(35)32-28(33)39)12-17-13-22(29)25(23(14-17)37-2)38-15-24(34)31-19-8-6-18(30)7-9-19/h4-14H,3,15H2,1-2H3,(H,31,34)(H,32,35,39)/b21-12+. The van der Waals surface area contributed by atoms with Crippen LogP contribution in [-0.4, -0.2) is 36.6 Å². The van der Waals surface area contributed by atoms with Crippen LogP contribution < -0.4 is 25.0 Å². The summed E-state index contributed by atoms with van der Waals surface area (Å²) in [6, 6.07) is 15.9. The Kier molecular flexibility index (Phi) is 8.72. The van der Waals surface area contributed by atoms with Crippen LogP contribution in [0.5, 0.6) is 11.5 Å². The molecule has 1 saturated heterocycles. The van der Waals surface area contributed by atoms with Gasteiger partial charge in [0.25, 0.3) is 17.7 Å². The molecule has 11 heteroatoms. The predicted molar refractivity (Wildman–Crippen MR) is 153 cm³/mol. The zero-order valence-electron chi connectivity index (χ0n) is 20.9. The number of aryl methyl sites for hydroxylation is 1. The number of carbonyl (C=O) groups excluding carboxylic acids is 3. The second-order valence-electron chi connectivity index (χ2n) is 8.36. The average molecular weight is 612 g/mol. The average Bonchev–Trinajstić information content (AvgIpc) is 2.91. The monoisotopic (exact) mass is 611 g/mol. The molecule has 1 aliphatic heterocycles. The molecule has 4 rings (SSSR count). The Hall–Kier alpha value is -4.09. The quantitative estimate of drug-likeness (QED) is 0.211. The third-order valence-electron chi connectivity index (χ3n) is 5.74. The number of rotatable bonds is 8. The van der Waals surface area contributed by atoms with E-state index >= 15 is 0 Å². The van der Waals surface area contributed by atoms with E-state index in [1.807, 2.05) is 19.1 Å². The largest absolute Gasteiger partial charge is 0.493 e. The van der Waals surface area contributed by atoms with Gasteiger partial charge in [-0.2, -0.15) is 0 Å². The lowest BCUT2D eigenvalue weighted by molar-refractivity contribution is -0.122. The summed E-state index contributed by atoms with van der Waals surface area (Å²) in [7, 11) is 1.42. The Bertz CT molecular complexity index is 1480. The molecule has 1 aliphatic rings. The summed E-state index contributed by atoms with van der Waals surface area (Å²) in [4.78, 5) is 39.6. The van der Waals surface area contributed by atoms with Crippen LogP contribution in [0.3, 0.4) is 0 Å². The van der Waals surface area contributed by atoms with Crippen molar-refractivity contribution in [3.05, 3.63) is 87.7 Å². The molecule has 39 heavy (non-hydrogen) atoms. The van der Waals surface area contributed by atoms with Crippen molar-refractivity contribution < 1.29 is 28.2 Å². The number of nitrogens with one attached hydrogen (secondary N) is 2. The molecule has 0 aliphatic carbocycles. The van der Waals surface area contributed by atoms with Gasteiger partial charge in [0.05, 0.1) is 17.3 Å². The van der Waals surface area contributed by atoms with Crippen LogP contribution in [-0.2, 0) is 20.8 Å². The van der Waals surface area contributed by atoms with Crippen LogP contribution in [0.25, 0.3) is 6.08 Å². The predicted octanol–water partition coefficient (Wildman–Crippen LogP) is 5.01. The molecule has 0 spiro atoms. The number of hydrogen-bond donors (Lipinski definition) is 2. The maximum absolute atomic E-state index is 13.3. The Balaban J connectivity index is 1.54. The van der Waals surface area contributed by atoms with E-state index in [0.29, 0.717) is 21.4 Å². The number of anilines is 2. The topological polar surface area (TPSA) is 97.0 Å². The fraction of sp³-hybridized carbons (Fsp3) is 0.143. The smallest absolute Gasteiger partial charge is 0.270 e. The van der Waals surface area contributed by atoms with E-state index in [0.717, 1.165) is 12.0 Å². The summed E-state index contributed by atoms with van der Waals surface area (Å²) in [5, 5.41) is 5.16. The molecule has 0 bridgehead atoms. The van der Waals surface area contributed by atoms with E-state index in [1.165, 1.54) is 42.4 Å². The number of benzene rings is 3. The lowest BCUT2D eigenvalue weighted by Crippen LogP contribution is -2.54. The van der Waals surface area contributed by atoms with Gasteiger partial charge in [0.15, 0.2) is 23.2 Å². The van der Waals surface area contributed by atoms with Crippen molar-refractivity contribution in [3.63, 3.8) is 0 Å². The minimum absolute atomic E-state index is 0.00665. The highest BCUT2D eigenvalue weighted by atomic mass is 79.9. The summed E-state index contributed by atoms with van der Waals surface area (Å²) in [6.45, 7) is 1.68. The van der Waals surface area contributed by atoms with E-state index in [-0.39, 0.29) is 28.8 Å². The minimum Gasteiger partial charge on any atom is -0.493 e. The molecule has 0 unspecified atom stereocenters. The van der Waals surface area contributed by atoms with Gasteiger partial charge in [-0.05, 0) is 100 Å². The molecule has 0 radical (unpaired) electrons. The molecule has 200 valence electrons. The first kappa shape index (κ1) is 27.9. The number of thiocarbonyl (C=S) groups is 1. The summed E-state index contributed by atoms with van der Waals surface area (Å²) >= 11 is 8.68. The molecular weight excluding hydrogens is 589 g/mol. The van der Waals surface area contributed by atoms with Gasteiger partial charge in [-0.25, -0.2) is 4.39 Å². The van der Waals surface area contributed by atoms with Gasteiger partial charge < -0.3 is 14.8 Å². The zero-order chi connectivity index (χ0) is 28.1. The van der Waals surface area contributed by atoms with Crippen molar-refractivity contribution in [2.45, 2.75) is 13.3 Å². The zero-order valence-corrected chi connectivity index (χ0v) is 23.3. The highest BCUT2D eigenvalue weighted by Gasteiger charge is 2.34. The van der Waals surface area contributed by atoms with Crippen molar-refractivity contribution >= 4 is 68.4 Å². The van der Waals surface area contributed by atoms with Crippen LogP contribution >= 0.6 is 28.1 Å². The van der Waals surface area contributed by atoms with Crippen molar-refractivity contribution in [2.75, 3.05) is 23.9 Å². The van der Waals surface area contributed by atoms with E-state index in [4.69, 9.17) is 21.7 Å². The van der Waals surface area contributed by atoms with Gasteiger partial charge in [-0.15, -0.1) is 0 Å². The van der Waals surface area contributed by atoms with Gasteiger partial charge in [-0.3, -0.25) is 24.6 Å². The molecule has 0 saturated carbocycles. The maximum Gasteiger partial charge on any atom is 0.270 e. The molecule has 0 aromatic heterocycles. The van der Waals surface area contributed by atoms with Crippen molar-refractivity contribution in [2.24, 2.45) is 0 Å². The summed E-state index contributed by atoms with van der Waals surface area (Å²) in [5.74, 6) is -1.57. The first-order valence-electron chi connectivity index (χ1n) is 11.8. The molecular formula is C28H23BrFN3O5S. The van der Waals surface area contributed by atoms with Crippen LogP contribution in [0.15, 0.2) is 70.7 Å². The SMILES string of the molecule is CCc1ccc(N2C(=O)/C(=C/c3cc(Br)c(OCC(=O)Nc4ccc(F)cc4)c(OC)c3)C(=O)NC2=S)cc1. The number of carbonyl (C=O) groups is 3. The lowest BCUT2D eigenvalue weighted by atomic mass is 10.1. The molecule has 3 aromatic rings. The van der Waals surface area contributed by atoms with E-state index in [1.54, 1.807) is 24.3 Å². The molecule has 8 nitrogen and oxygen atoms in total. The Morgan fingerprint density at radius 1 is 1.13 bits per heavy atom. The van der Waals surface area contributed by atoms with Gasteiger partial charge in [0.2, 0.25) is 0 Å². The van der Waals surface area contributed by atoms with E-state index in [2.05, 4.69) is 26.6 Å². The van der Waals surface area contributed by atoms with Crippen LogP contribution in [0, 0.1) is 5.82 Å². The third kappa shape index (κ3) is 6.50. The molecule has 1 heterocycles. The highest BCUT2D eigenvalue weighted by molar-refractivity contribution is 9.10. The molecule has 1 fully saturated rings. The number of halogens is 2. The first-order chi connectivity index (χ1) is 18.7. The minimum atomic E-state index is -0.626. The number of hydrogen-bond acceptors (Lipinski definition) is 6. The fourth-order valence-electron chi connectivity index (χ4n) is 3.77. The van der Waals surface area contributed by atoms with Crippen LogP contribution in [0.4, 0.5) is 15.8 Å². The number of nitrogens with zero attached hydrogens (tertiary/aromatic N) is 1. The summed E-state index contributed by atoms with van der Waals surface area (Å²) in [5.41, 5.74) is 2.40. The Labute approximate surface area is 237 Å². The maximum atomic E-state index is 13.3. The first-order valence-corrected chi connectivity index (χ1v) is 13.0. The number of amides is 3.